The largest absolute Gasteiger partial charge is 0.462 e. The number of allylic oxidation sites excluding steroid dienone is 1. The summed E-state index contributed by atoms with van der Waals surface area (Å²) in [5.74, 6) is -4.10. The molecule has 0 spiro atoms. The molecule has 1 aromatic rings. The topological polar surface area (TPSA) is 144 Å². The number of amides is 1. The summed E-state index contributed by atoms with van der Waals surface area (Å²) in [6.07, 6.45) is -11.0. The molecular weight excluding hydrogens is 568 g/mol. The first kappa shape index (κ1) is 31.1. The Morgan fingerprint density at radius 3 is 2.49 bits per heavy atom. The van der Waals surface area contributed by atoms with Gasteiger partial charge in [0.15, 0.2) is 17.7 Å². The van der Waals surface area contributed by atoms with Gasteiger partial charge in [0.2, 0.25) is 11.7 Å². The summed E-state index contributed by atoms with van der Waals surface area (Å²) in [6, 6.07) is 6.76. The highest BCUT2D eigenvalue weighted by Gasteiger charge is 2.62. The van der Waals surface area contributed by atoms with Crippen molar-refractivity contribution in [2.75, 3.05) is 6.61 Å². The maximum absolute atomic E-state index is 14.5. The van der Waals surface area contributed by atoms with E-state index >= 15 is 0 Å². The van der Waals surface area contributed by atoms with E-state index in [1.165, 1.54) is 19.1 Å². The summed E-state index contributed by atoms with van der Waals surface area (Å²) >= 11 is 5.48. The summed E-state index contributed by atoms with van der Waals surface area (Å²) in [4.78, 5) is 36.5. The lowest BCUT2D eigenvalue weighted by Crippen LogP contribution is -2.53. The minimum atomic E-state index is -3.88. The average molecular weight is 597 g/mol. The molecule has 2 heterocycles. The summed E-state index contributed by atoms with van der Waals surface area (Å²) in [5, 5.41) is 23.8. The Balaban J connectivity index is 1.88. The minimum absolute atomic E-state index is 0.166. The van der Waals surface area contributed by atoms with Crippen LogP contribution in [0.1, 0.15) is 27.2 Å². The second-order valence-corrected chi connectivity index (χ2v) is 12.2. The lowest BCUT2D eigenvalue weighted by molar-refractivity contribution is -0.199. The van der Waals surface area contributed by atoms with Crippen LogP contribution in [0.15, 0.2) is 42.4 Å². The Morgan fingerprint density at radius 1 is 1.26 bits per heavy atom. The molecule has 39 heavy (non-hydrogen) atoms. The number of aliphatic hydroxyl groups excluding tert-OH is 2. The Hall–Kier alpha value is -2.39. The van der Waals surface area contributed by atoms with E-state index in [1.807, 2.05) is 0 Å². The number of para-hydroxylation sites is 1. The number of carbonyl (C=O) groups excluding carboxylic acids is 3. The van der Waals surface area contributed by atoms with Crippen molar-refractivity contribution in [2.45, 2.75) is 69.8 Å². The van der Waals surface area contributed by atoms with Crippen molar-refractivity contribution in [2.24, 2.45) is 0 Å². The standard InChI is InChI=1S/C23H28F3N2O9PS/c1-12(2)35-21(33)13(3)27-38(39,37-14-7-5-4-6-8-14)34-11-23(22(25)26)19(32)18(31)20(36-23)28-10-15(24)16(29)9-17(28)30/h4-8,10,12-13,18-20,22,31-32H,9,11H2,1-3H3,(H,27,39)/t13-,18-,19-,20+,23+,38?/m0/s1. The quantitative estimate of drug-likeness (QED) is 0.196. The first-order valence-corrected chi connectivity index (χ1v) is 14.3. The zero-order valence-corrected chi connectivity index (χ0v) is 22.7. The molecule has 1 aromatic carbocycles. The smallest absolute Gasteiger partial charge is 0.323 e. The maximum atomic E-state index is 14.5. The van der Waals surface area contributed by atoms with Crippen molar-refractivity contribution in [1.82, 2.24) is 9.99 Å². The number of hydrogen-bond donors (Lipinski definition) is 3. The van der Waals surface area contributed by atoms with Crippen LogP contribution >= 0.6 is 6.64 Å². The molecule has 6 atom stereocenters. The van der Waals surface area contributed by atoms with Gasteiger partial charge in [0, 0.05) is 6.20 Å². The van der Waals surface area contributed by atoms with Gasteiger partial charge < -0.3 is 28.7 Å². The van der Waals surface area contributed by atoms with Crippen molar-refractivity contribution in [3.8, 4) is 5.75 Å². The number of ketones is 1. The molecule has 3 N–H and O–H groups in total. The summed E-state index contributed by atoms with van der Waals surface area (Å²) < 4.78 is 64.5. The van der Waals surface area contributed by atoms with Crippen LogP contribution in [0.5, 0.6) is 5.75 Å². The molecule has 1 saturated heterocycles. The van der Waals surface area contributed by atoms with Crippen LogP contribution in [-0.2, 0) is 40.2 Å². The molecule has 216 valence electrons. The summed E-state index contributed by atoms with van der Waals surface area (Å²) in [5.41, 5.74) is -2.97. The van der Waals surface area contributed by atoms with Gasteiger partial charge in [-0.1, -0.05) is 18.2 Å². The van der Waals surface area contributed by atoms with E-state index in [4.69, 9.17) is 30.3 Å². The Morgan fingerprint density at radius 2 is 1.90 bits per heavy atom. The Kier molecular flexibility index (Phi) is 9.92. The molecule has 2 aliphatic heterocycles. The number of ether oxygens (including phenoxy) is 2. The van der Waals surface area contributed by atoms with Gasteiger partial charge in [0.25, 0.3) is 6.43 Å². The van der Waals surface area contributed by atoms with Crippen molar-refractivity contribution < 1.29 is 56.3 Å². The third kappa shape index (κ3) is 7.04. The molecular formula is C23H28F3N2O9PS. The van der Waals surface area contributed by atoms with Crippen LogP contribution in [0.4, 0.5) is 13.2 Å². The van der Waals surface area contributed by atoms with Gasteiger partial charge in [-0.05, 0) is 44.7 Å². The van der Waals surface area contributed by atoms with E-state index in [-0.39, 0.29) is 5.75 Å². The molecule has 1 amide bonds. The third-order valence-corrected chi connectivity index (χ3v) is 8.18. The number of esters is 1. The van der Waals surface area contributed by atoms with E-state index in [0.717, 1.165) is 0 Å². The van der Waals surface area contributed by atoms with Crippen LogP contribution in [0.2, 0.25) is 0 Å². The summed E-state index contributed by atoms with van der Waals surface area (Å²) in [7, 11) is 0. The molecule has 11 nitrogen and oxygen atoms in total. The van der Waals surface area contributed by atoms with Gasteiger partial charge >= 0.3 is 12.6 Å². The lowest BCUT2D eigenvalue weighted by Gasteiger charge is -2.35. The number of alkyl halides is 2. The highest BCUT2D eigenvalue weighted by molar-refractivity contribution is 8.09. The van der Waals surface area contributed by atoms with Gasteiger partial charge in [0.05, 0.1) is 19.1 Å². The lowest BCUT2D eigenvalue weighted by atomic mass is 9.96. The second-order valence-electron chi connectivity index (χ2n) is 9.09. The Bertz CT molecular complexity index is 1160. The molecule has 0 aromatic heterocycles. The highest BCUT2D eigenvalue weighted by atomic mass is 32.5. The second kappa shape index (κ2) is 12.4. The molecule has 0 bridgehead atoms. The number of Topliss-reactive ketones (excluding diaryl/α,β-unsaturated/α-hetero) is 1. The number of carbonyl (C=O) groups is 3. The normalized spacial score (nSPS) is 27.9. The fraction of sp³-hybridized carbons (Fsp3) is 0.522. The Labute approximate surface area is 227 Å². The van der Waals surface area contributed by atoms with Crippen LogP contribution < -0.4 is 9.61 Å². The zero-order chi connectivity index (χ0) is 29.1. The van der Waals surface area contributed by atoms with Gasteiger partial charge in [-0.3, -0.25) is 19.3 Å². The molecule has 1 unspecified atom stereocenters. The van der Waals surface area contributed by atoms with Crippen molar-refractivity contribution in [1.29, 1.82) is 0 Å². The van der Waals surface area contributed by atoms with Crippen molar-refractivity contribution >= 4 is 36.1 Å². The van der Waals surface area contributed by atoms with E-state index < -0.39 is 85.8 Å². The van der Waals surface area contributed by atoms with Gasteiger partial charge in [-0.15, -0.1) is 0 Å². The molecule has 3 rings (SSSR count). The first-order chi connectivity index (χ1) is 18.2. The number of aliphatic hydroxyl groups is 2. The highest BCUT2D eigenvalue weighted by Crippen LogP contribution is 2.48. The fourth-order valence-electron chi connectivity index (χ4n) is 3.71. The van der Waals surface area contributed by atoms with E-state index in [2.05, 4.69) is 5.09 Å². The SMILES string of the molecule is CC(C)OC(=O)[C@H](C)NP(=S)(OC[C@@]1(C(F)F)O[C@@H](N2C=C(F)C(=O)CC2=O)[C@@H](O)[C@@H]1O)Oc1ccccc1. The maximum Gasteiger partial charge on any atom is 0.323 e. The van der Waals surface area contributed by atoms with Crippen molar-refractivity contribution in [3.05, 3.63) is 42.4 Å². The summed E-state index contributed by atoms with van der Waals surface area (Å²) in [6.45, 7) is -0.438. The molecule has 0 aliphatic carbocycles. The van der Waals surface area contributed by atoms with Crippen LogP contribution in [-0.4, -0.2) is 82.0 Å². The molecule has 16 heteroatoms. The predicted octanol–water partition coefficient (Wildman–Crippen LogP) is 1.93. The number of rotatable bonds is 11. The molecule has 1 fully saturated rings. The van der Waals surface area contributed by atoms with Gasteiger partial charge in [-0.25, -0.2) is 18.3 Å². The van der Waals surface area contributed by atoms with E-state index in [9.17, 15) is 37.8 Å². The monoisotopic (exact) mass is 596 g/mol. The van der Waals surface area contributed by atoms with Crippen LogP contribution in [0, 0.1) is 0 Å². The van der Waals surface area contributed by atoms with Crippen molar-refractivity contribution in [3.63, 3.8) is 0 Å². The first-order valence-electron chi connectivity index (χ1n) is 11.7. The van der Waals surface area contributed by atoms with Gasteiger partial charge in [-0.2, -0.15) is 0 Å². The average Bonchev–Trinajstić information content (AvgIpc) is 3.11. The fourth-order valence-corrected chi connectivity index (χ4v) is 6.13. The molecule has 0 radical (unpaired) electrons. The third-order valence-electron chi connectivity index (χ3n) is 5.70. The minimum Gasteiger partial charge on any atom is -0.462 e. The van der Waals surface area contributed by atoms with Gasteiger partial charge in [0.1, 0.15) is 24.0 Å². The molecule has 0 saturated carbocycles. The number of nitrogens with one attached hydrogen (secondary N) is 1. The zero-order valence-electron chi connectivity index (χ0n) is 21.0. The number of benzene rings is 1. The number of nitrogens with zero attached hydrogens (tertiary/aromatic N) is 1. The van der Waals surface area contributed by atoms with E-state index in [1.54, 1.807) is 32.0 Å². The predicted molar refractivity (Wildman–Crippen MR) is 132 cm³/mol. The number of hydrogen-bond acceptors (Lipinski definition) is 10. The van der Waals surface area contributed by atoms with E-state index in [0.29, 0.717) is 11.1 Å². The van der Waals surface area contributed by atoms with Crippen LogP contribution in [0.25, 0.3) is 0 Å². The number of halogens is 3. The van der Waals surface area contributed by atoms with Crippen LogP contribution in [0.3, 0.4) is 0 Å². The molecule has 2 aliphatic rings.